The number of methoxy groups -OCH3 is 1. The Kier molecular flexibility index (Phi) is 7.34. The minimum Gasteiger partial charge on any atom is -0.488 e. The van der Waals surface area contributed by atoms with Crippen LogP contribution in [0.15, 0.2) is 77.9 Å². The number of benzene rings is 3. The summed E-state index contributed by atoms with van der Waals surface area (Å²) in [6.07, 6.45) is 1.03. The molecule has 10 nitrogen and oxygen atoms in total. The topological polar surface area (TPSA) is 140 Å². The third-order valence-electron chi connectivity index (χ3n) is 4.85. The summed E-state index contributed by atoms with van der Waals surface area (Å²) in [6, 6.07) is 19.2. The molecule has 0 heterocycles. The molecular weight excluding hydrogens is 442 g/mol. The van der Waals surface area contributed by atoms with Crippen molar-refractivity contribution in [3.8, 4) is 11.5 Å². The number of nitrogens with zero attached hydrogens (tertiary/aromatic N) is 2. The molecule has 2 N–H and O–H groups in total. The molecule has 10 heteroatoms. The SMILES string of the molecule is COc1c(OC(C)=O)ccc(/C=N\NC(=O)C(O)(c2ccccc2)c2ccccc2)c1[N+](=O)[O-]. The van der Waals surface area contributed by atoms with Gasteiger partial charge in [-0.25, -0.2) is 5.43 Å². The maximum absolute atomic E-state index is 13.1. The second-order valence-electron chi connectivity index (χ2n) is 7.03. The maximum Gasteiger partial charge on any atom is 0.323 e. The van der Waals surface area contributed by atoms with Crippen LogP contribution in [0.1, 0.15) is 23.6 Å². The number of hydrazone groups is 1. The van der Waals surface area contributed by atoms with E-state index in [0.29, 0.717) is 11.1 Å². The molecule has 174 valence electrons. The first-order chi connectivity index (χ1) is 16.3. The zero-order valence-corrected chi connectivity index (χ0v) is 18.3. The van der Waals surface area contributed by atoms with Gasteiger partial charge in [0, 0.05) is 6.92 Å². The number of nitro groups is 1. The van der Waals surface area contributed by atoms with E-state index in [-0.39, 0.29) is 17.1 Å². The van der Waals surface area contributed by atoms with Crippen LogP contribution in [0.25, 0.3) is 0 Å². The summed E-state index contributed by atoms with van der Waals surface area (Å²) in [7, 11) is 1.19. The van der Waals surface area contributed by atoms with Crippen molar-refractivity contribution < 1.29 is 29.1 Å². The van der Waals surface area contributed by atoms with E-state index in [4.69, 9.17) is 9.47 Å². The highest BCUT2D eigenvalue weighted by molar-refractivity contribution is 5.93. The van der Waals surface area contributed by atoms with Crippen molar-refractivity contribution in [2.75, 3.05) is 7.11 Å². The minimum absolute atomic E-state index is 0.0268. The van der Waals surface area contributed by atoms with Crippen molar-refractivity contribution in [2.24, 2.45) is 5.10 Å². The van der Waals surface area contributed by atoms with Crippen molar-refractivity contribution >= 4 is 23.8 Å². The summed E-state index contributed by atoms with van der Waals surface area (Å²) in [4.78, 5) is 35.3. The van der Waals surface area contributed by atoms with Crippen LogP contribution >= 0.6 is 0 Å². The van der Waals surface area contributed by atoms with Crippen molar-refractivity contribution in [3.63, 3.8) is 0 Å². The number of amides is 1. The fourth-order valence-corrected chi connectivity index (χ4v) is 3.32. The van der Waals surface area contributed by atoms with Crippen LogP contribution in [0.2, 0.25) is 0 Å². The summed E-state index contributed by atoms with van der Waals surface area (Å²) in [5, 5.41) is 26.9. The van der Waals surface area contributed by atoms with E-state index in [0.717, 1.165) is 13.1 Å². The molecule has 1 amide bonds. The molecule has 3 rings (SSSR count). The quantitative estimate of drug-likeness (QED) is 0.172. The largest absolute Gasteiger partial charge is 0.488 e. The first-order valence-corrected chi connectivity index (χ1v) is 9.99. The molecule has 0 unspecified atom stereocenters. The summed E-state index contributed by atoms with van der Waals surface area (Å²) < 4.78 is 10.0. The second kappa shape index (κ2) is 10.4. The third kappa shape index (κ3) is 4.92. The highest BCUT2D eigenvalue weighted by atomic mass is 16.6. The predicted octanol–water partition coefficient (Wildman–Crippen LogP) is 2.91. The van der Waals surface area contributed by atoms with E-state index < -0.39 is 28.1 Å². The van der Waals surface area contributed by atoms with E-state index in [1.807, 2.05) is 0 Å². The van der Waals surface area contributed by atoms with Gasteiger partial charge in [-0.3, -0.25) is 19.7 Å². The molecule has 0 spiro atoms. The lowest BCUT2D eigenvalue weighted by Crippen LogP contribution is -2.43. The van der Waals surface area contributed by atoms with Crippen molar-refractivity contribution in [2.45, 2.75) is 12.5 Å². The molecule has 0 aromatic heterocycles. The number of carbonyl (C=O) groups is 2. The smallest absolute Gasteiger partial charge is 0.323 e. The third-order valence-corrected chi connectivity index (χ3v) is 4.85. The number of hydrogen-bond donors (Lipinski definition) is 2. The van der Waals surface area contributed by atoms with Gasteiger partial charge in [0.15, 0.2) is 11.4 Å². The van der Waals surface area contributed by atoms with Crippen LogP contribution < -0.4 is 14.9 Å². The van der Waals surface area contributed by atoms with Crippen LogP contribution in [0.4, 0.5) is 5.69 Å². The van der Waals surface area contributed by atoms with E-state index in [2.05, 4.69) is 10.5 Å². The van der Waals surface area contributed by atoms with E-state index in [9.17, 15) is 24.8 Å². The molecular formula is C24H21N3O7. The molecule has 3 aromatic carbocycles. The molecule has 0 aliphatic heterocycles. The molecule has 34 heavy (non-hydrogen) atoms. The summed E-state index contributed by atoms with van der Waals surface area (Å²) in [5.74, 6) is -1.96. The van der Waals surface area contributed by atoms with E-state index in [1.165, 1.54) is 19.2 Å². The Labute approximate surface area is 194 Å². The van der Waals surface area contributed by atoms with E-state index in [1.54, 1.807) is 60.7 Å². The zero-order valence-electron chi connectivity index (χ0n) is 18.3. The van der Waals surface area contributed by atoms with Crippen molar-refractivity contribution in [3.05, 3.63) is 99.6 Å². The van der Waals surface area contributed by atoms with Crippen molar-refractivity contribution in [1.29, 1.82) is 0 Å². The highest BCUT2D eigenvalue weighted by Gasteiger charge is 2.40. The minimum atomic E-state index is -2.07. The van der Waals surface area contributed by atoms with Crippen LogP contribution in [0, 0.1) is 10.1 Å². The summed E-state index contributed by atoms with van der Waals surface area (Å²) >= 11 is 0. The number of aliphatic hydroxyl groups is 1. The predicted molar refractivity (Wildman–Crippen MR) is 123 cm³/mol. The van der Waals surface area contributed by atoms with Gasteiger partial charge in [-0.05, 0) is 23.3 Å². The lowest BCUT2D eigenvalue weighted by atomic mass is 9.85. The van der Waals surface area contributed by atoms with Gasteiger partial charge in [-0.2, -0.15) is 5.10 Å². The van der Waals surface area contributed by atoms with Crippen LogP contribution in [0.5, 0.6) is 11.5 Å². The first kappa shape index (κ1) is 24.1. The fourth-order valence-electron chi connectivity index (χ4n) is 3.32. The summed E-state index contributed by atoms with van der Waals surface area (Å²) in [6.45, 7) is 1.15. The molecule has 0 aliphatic rings. The van der Waals surface area contributed by atoms with Gasteiger partial charge in [0.25, 0.3) is 5.91 Å². The Morgan fingerprint density at radius 3 is 2.06 bits per heavy atom. The first-order valence-electron chi connectivity index (χ1n) is 9.99. The van der Waals surface area contributed by atoms with Gasteiger partial charge in [-0.15, -0.1) is 0 Å². The average molecular weight is 463 g/mol. The lowest BCUT2D eigenvalue weighted by Gasteiger charge is -2.27. The lowest BCUT2D eigenvalue weighted by molar-refractivity contribution is -0.385. The molecule has 0 fully saturated rings. The molecule has 0 aliphatic carbocycles. The Bertz CT molecular complexity index is 1190. The molecule has 0 bridgehead atoms. The van der Waals surface area contributed by atoms with Gasteiger partial charge >= 0.3 is 11.7 Å². The second-order valence-corrected chi connectivity index (χ2v) is 7.03. The molecule has 0 saturated heterocycles. The normalized spacial score (nSPS) is 11.1. The fraction of sp³-hybridized carbons (Fsp3) is 0.125. The van der Waals surface area contributed by atoms with Gasteiger partial charge in [0.05, 0.1) is 23.8 Å². The highest BCUT2D eigenvalue weighted by Crippen LogP contribution is 2.39. The number of nitro benzene ring substituents is 1. The summed E-state index contributed by atoms with van der Waals surface area (Å²) in [5.41, 5.74) is 0.269. The number of nitrogens with one attached hydrogen (secondary N) is 1. The Morgan fingerprint density at radius 2 is 1.59 bits per heavy atom. The van der Waals surface area contributed by atoms with Crippen molar-refractivity contribution in [1.82, 2.24) is 5.43 Å². The van der Waals surface area contributed by atoms with Crippen LogP contribution in [-0.4, -0.2) is 35.2 Å². The van der Waals surface area contributed by atoms with Gasteiger partial charge in [-0.1, -0.05) is 60.7 Å². The monoisotopic (exact) mass is 463 g/mol. The number of esters is 1. The van der Waals surface area contributed by atoms with Crippen LogP contribution in [0.3, 0.4) is 0 Å². The van der Waals surface area contributed by atoms with Crippen LogP contribution in [-0.2, 0) is 15.2 Å². The molecule has 0 radical (unpaired) electrons. The van der Waals surface area contributed by atoms with Gasteiger partial charge in [0.2, 0.25) is 5.75 Å². The van der Waals surface area contributed by atoms with Gasteiger partial charge in [0.1, 0.15) is 0 Å². The zero-order chi connectivity index (χ0) is 24.7. The molecule has 0 saturated carbocycles. The molecule has 3 aromatic rings. The van der Waals surface area contributed by atoms with E-state index >= 15 is 0 Å². The standard InChI is InChI=1S/C24H21N3O7/c1-16(28)34-20-14-13-17(21(27(31)32)22(20)33-2)15-25-26-23(29)24(30,18-9-5-3-6-10-18)19-11-7-4-8-12-19/h3-15,30H,1-2H3,(H,26,29)/b25-15-. The number of rotatable bonds is 8. The number of carbonyl (C=O) groups excluding carboxylic acids is 2. The number of ether oxygens (including phenoxy) is 2. The van der Waals surface area contributed by atoms with Gasteiger partial charge < -0.3 is 14.6 Å². The average Bonchev–Trinajstić information content (AvgIpc) is 2.84. The Morgan fingerprint density at radius 1 is 1.03 bits per heavy atom. The maximum atomic E-state index is 13.1. The Balaban J connectivity index is 1.95. The molecule has 0 atom stereocenters. The number of hydrogen-bond acceptors (Lipinski definition) is 8. The Hall–Kier alpha value is -4.57.